The maximum Gasteiger partial charge on any atom is 0.0638 e. The fourth-order valence-electron chi connectivity index (χ4n) is 1.04. The second-order valence-corrected chi connectivity index (χ2v) is 3.83. The Hall–Kier alpha value is -0.420. The summed E-state index contributed by atoms with van der Waals surface area (Å²) < 4.78 is 4.95. The van der Waals surface area contributed by atoms with E-state index in [0.717, 1.165) is 6.54 Å². The molecule has 1 aromatic rings. The number of rotatable bonds is 6. The van der Waals surface area contributed by atoms with Gasteiger partial charge in [0, 0.05) is 18.5 Å². The summed E-state index contributed by atoms with van der Waals surface area (Å²) in [4.78, 5) is 1.27. The van der Waals surface area contributed by atoms with E-state index >= 15 is 0 Å². The number of hydrogen-bond donors (Lipinski definition) is 2. The molecule has 0 fully saturated rings. The van der Waals surface area contributed by atoms with Gasteiger partial charge in [0.15, 0.2) is 0 Å². The normalized spacial score (nSPS) is 13.1. The van der Waals surface area contributed by atoms with Gasteiger partial charge in [0.05, 0.1) is 19.3 Å². The van der Waals surface area contributed by atoms with E-state index in [9.17, 15) is 0 Å². The molecule has 4 heteroatoms. The van der Waals surface area contributed by atoms with Crippen LogP contribution in [0, 0.1) is 0 Å². The molecule has 0 amide bonds. The quantitative estimate of drug-likeness (QED) is 0.717. The fourth-order valence-corrected chi connectivity index (χ4v) is 1.69. The molecule has 13 heavy (non-hydrogen) atoms. The highest BCUT2D eigenvalue weighted by Gasteiger charge is 2.05. The predicted octanol–water partition coefficient (Wildman–Crippen LogP) is 0.845. The van der Waals surface area contributed by atoms with Crippen LogP contribution >= 0.6 is 11.3 Å². The fraction of sp³-hybridized carbons (Fsp3) is 0.556. The third kappa shape index (κ3) is 3.87. The van der Waals surface area contributed by atoms with Gasteiger partial charge in [0.25, 0.3) is 0 Å². The van der Waals surface area contributed by atoms with Crippen molar-refractivity contribution in [2.24, 2.45) is 0 Å². The van der Waals surface area contributed by atoms with E-state index in [2.05, 4.69) is 11.4 Å². The predicted molar refractivity (Wildman–Crippen MR) is 53.9 cm³/mol. The number of ether oxygens (including phenoxy) is 1. The molecule has 0 radical (unpaired) electrons. The average Bonchev–Trinajstić information content (AvgIpc) is 2.64. The lowest BCUT2D eigenvalue weighted by Crippen LogP contribution is -2.35. The van der Waals surface area contributed by atoms with Crippen LogP contribution in [0.3, 0.4) is 0 Å². The van der Waals surface area contributed by atoms with Crippen LogP contribution in [0.25, 0.3) is 0 Å². The highest BCUT2D eigenvalue weighted by Crippen LogP contribution is 2.07. The number of thiophene rings is 1. The molecule has 74 valence electrons. The minimum Gasteiger partial charge on any atom is -0.395 e. The third-order valence-corrected chi connectivity index (χ3v) is 2.61. The van der Waals surface area contributed by atoms with Gasteiger partial charge in [-0.25, -0.2) is 0 Å². The van der Waals surface area contributed by atoms with Gasteiger partial charge in [0.1, 0.15) is 0 Å². The van der Waals surface area contributed by atoms with Crippen LogP contribution < -0.4 is 5.32 Å². The largest absolute Gasteiger partial charge is 0.395 e. The monoisotopic (exact) mass is 201 g/mol. The molecule has 1 heterocycles. The van der Waals surface area contributed by atoms with Crippen molar-refractivity contribution in [2.45, 2.75) is 12.6 Å². The summed E-state index contributed by atoms with van der Waals surface area (Å²) in [6.45, 7) is 1.45. The van der Waals surface area contributed by atoms with Gasteiger partial charge in [-0.15, -0.1) is 11.3 Å². The van der Waals surface area contributed by atoms with Crippen LogP contribution in [0.15, 0.2) is 17.5 Å². The van der Waals surface area contributed by atoms with Gasteiger partial charge in [-0.05, 0) is 11.4 Å². The lowest BCUT2D eigenvalue weighted by molar-refractivity contribution is 0.128. The first-order valence-electron chi connectivity index (χ1n) is 4.22. The average molecular weight is 201 g/mol. The molecule has 0 aliphatic heterocycles. The molecule has 0 saturated heterocycles. The summed E-state index contributed by atoms with van der Waals surface area (Å²) in [7, 11) is 1.63. The Morgan fingerprint density at radius 2 is 2.54 bits per heavy atom. The van der Waals surface area contributed by atoms with Crippen LogP contribution in [0.4, 0.5) is 0 Å². The Bertz CT molecular complexity index is 213. The lowest BCUT2D eigenvalue weighted by atomic mass is 10.3. The van der Waals surface area contributed by atoms with Crippen molar-refractivity contribution >= 4 is 11.3 Å². The zero-order valence-corrected chi connectivity index (χ0v) is 8.51. The highest BCUT2D eigenvalue weighted by molar-refractivity contribution is 7.09. The summed E-state index contributed by atoms with van der Waals surface area (Å²) in [5, 5.41) is 14.2. The molecule has 0 aliphatic rings. The van der Waals surface area contributed by atoms with Crippen molar-refractivity contribution in [3.8, 4) is 0 Å². The molecule has 1 unspecified atom stereocenters. The van der Waals surface area contributed by atoms with Gasteiger partial charge in [-0.1, -0.05) is 6.07 Å². The minimum absolute atomic E-state index is 0.0344. The number of methoxy groups -OCH3 is 1. The summed E-state index contributed by atoms with van der Waals surface area (Å²) >= 11 is 1.71. The van der Waals surface area contributed by atoms with Crippen LogP contribution in [0.5, 0.6) is 0 Å². The van der Waals surface area contributed by atoms with E-state index in [1.165, 1.54) is 4.88 Å². The number of nitrogens with one attached hydrogen (secondary N) is 1. The first-order valence-corrected chi connectivity index (χ1v) is 5.10. The Morgan fingerprint density at radius 1 is 1.69 bits per heavy atom. The molecule has 0 bridgehead atoms. The molecule has 2 N–H and O–H groups in total. The smallest absolute Gasteiger partial charge is 0.0638 e. The van der Waals surface area contributed by atoms with Crippen LogP contribution in [0.1, 0.15) is 4.88 Å². The lowest BCUT2D eigenvalue weighted by Gasteiger charge is -2.13. The van der Waals surface area contributed by atoms with E-state index in [1.54, 1.807) is 18.4 Å². The van der Waals surface area contributed by atoms with E-state index in [-0.39, 0.29) is 12.6 Å². The number of hydrogen-bond acceptors (Lipinski definition) is 4. The Kier molecular flexibility index (Phi) is 5.00. The van der Waals surface area contributed by atoms with Crippen molar-refractivity contribution < 1.29 is 9.84 Å². The molecule has 3 nitrogen and oxygen atoms in total. The van der Waals surface area contributed by atoms with Crippen molar-refractivity contribution in [1.29, 1.82) is 0 Å². The maximum atomic E-state index is 8.95. The molecule has 0 saturated carbocycles. The van der Waals surface area contributed by atoms with E-state index in [4.69, 9.17) is 9.84 Å². The van der Waals surface area contributed by atoms with Gasteiger partial charge >= 0.3 is 0 Å². The second-order valence-electron chi connectivity index (χ2n) is 2.80. The number of aliphatic hydroxyl groups excluding tert-OH is 1. The molecule has 0 aliphatic carbocycles. The zero-order valence-electron chi connectivity index (χ0n) is 7.69. The van der Waals surface area contributed by atoms with E-state index in [1.807, 2.05) is 11.4 Å². The minimum atomic E-state index is 0.0344. The molecule has 0 aromatic carbocycles. The third-order valence-electron chi connectivity index (χ3n) is 1.73. The van der Waals surface area contributed by atoms with Crippen LogP contribution in [0.2, 0.25) is 0 Å². The summed E-state index contributed by atoms with van der Waals surface area (Å²) in [5.74, 6) is 0. The summed E-state index contributed by atoms with van der Waals surface area (Å²) in [6.07, 6.45) is 0. The SMILES string of the molecule is COCC(CO)NCc1cccs1. The van der Waals surface area contributed by atoms with Crippen molar-refractivity contribution in [1.82, 2.24) is 5.32 Å². The van der Waals surface area contributed by atoms with Crippen molar-refractivity contribution in [3.63, 3.8) is 0 Å². The standard InChI is InChI=1S/C9H15NO2S/c1-12-7-8(6-11)10-5-9-3-2-4-13-9/h2-4,8,10-11H,5-7H2,1H3. The Morgan fingerprint density at radius 3 is 3.08 bits per heavy atom. The molecular formula is C9H15NO2S. The molecule has 0 spiro atoms. The van der Waals surface area contributed by atoms with E-state index < -0.39 is 0 Å². The second kappa shape index (κ2) is 6.10. The van der Waals surface area contributed by atoms with Gasteiger partial charge in [-0.2, -0.15) is 0 Å². The van der Waals surface area contributed by atoms with Gasteiger partial charge in [0.2, 0.25) is 0 Å². The van der Waals surface area contributed by atoms with Gasteiger partial charge in [-0.3, -0.25) is 0 Å². The van der Waals surface area contributed by atoms with Crippen LogP contribution in [-0.4, -0.2) is 31.5 Å². The summed E-state index contributed by atoms with van der Waals surface area (Å²) in [5.41, 5.74) is 0. The molecule has 1 rings (SSSR count). The first-order chi connectivity index (χ1) is 6.36. The Labute approximate surface area is 82.4 Å². The Balaban J connectivity index is 2.23. The summed E-state index contributed by atoms with van der Waals surface area (Å²) in [6, 6.07) is 4.12. The van der Waals surface area contributed by atoms with Crippen molar-refractivity contribution in [3.05, 3.63) is 22.4 Å². The maximum absolute atomic E-state index is 8.95. The van der Waals surface area contributed by atoms with Gasteiger partial charge < -0.3 is 15.2 Å². The molecule has 1 aromatic heterocycles. The first kappa shape index (κ1) is 10.7. The molecule has 1 atom stereocenters. The molecular weight excluding hydrogens is 186 g/mol. The topological polar surface area (TPSA) is 41.5 Å². The van der Waals surface area contributed by atoms with E-state index in [0.29, 0.717) is 6.61 Å². The van der Waals surface area contributed by atoms with Crippen LogP contribution in [-0.2, 0) is 11.3 Å². The van der Waals surface area contributed by atoms with Crippen molar-refractivity contribution in [2.75, 3.05) is 20.3 Å². The number of aliphatic hydroxyl groups is 1. The highest BCUT2D eigenvalue weighted by atomic mass is 32.1. The zero-order chi connectivity index (χ0) is 9.52.